The lowest BCUT2D eigenvalue weighted by Gasteiger charge is -2.08. The lowest BCUT2D eigenvalue weighted by Crippen LogP contribution is -2.12. The van der Waals surface area contributed by atoms with Gasteiger partial charge in [0.1, 0.15) is 5.88 Å². The lowest BCUT2D eigenvalue weighted by atomic mass is 10.0. The molecule has 3 aromatic rings. The van der Waals surface area contributed by atoms with Gasteiger partial charge in [-0.3, -0.25) is 4.79 Å². The van der Waals surface area contributed by atoms with E-state index >= 15 is 0 Å². The Bertz CT molecular complexity index is 923. The number of rotatable bonds is 4. The van der Waals surface area contributed by atoms with Crippen LogP contribution in [0, 0.1) is 0 Å². The number of carbonyl (C=O) groups is 2. The molecule has 6 heteroatoms. The summed E-state index contributed by atoms with van der Waals surface area (Å²) < 4.78 is 0. The summed E-state index contributed by atoms with van der Waals surface area (Å²) in [6.07, 6.45) is 0. The Morgan fingerprint density at radius 3 is 2.46 bits per heavy atom. The second-order valence-corrected chi connectivity index (χ2v) is 5.40. The first-order valence-electron chi connectivity index (χ1n) is 7.18. The molecule has 5 nitrogen and oxygen atoms in total. The van der Waals surface area contributed by atoms with E-state index in [4.69, 9.17) is 11.6 Å². The van der Waals surface area contributed by atoms with Crippen LogP contribution in [0.4, 0.5) is 5.69 Å². The van der Waals surface area contributed by atoms with E-state index in [0.29, 0.717) is 22.3 Å². The van der Waals surface area contributed by atoms with Gasteiger partial charge in [0.25, 0.3) is 0 Å². The van der Waals surface area contributed by atoms with Gasteiger partial charge in [0, 0.05) is 16.6 Å². The third-order valence-corrected chi connectivity index (χ3v) is 3.78. The third kappa shape index (κ3) is 3.21. The molecular formula is C18H13ClN2O3. The van der Waals surface area contributed by atoms with Gasteiger partial charge in [0.05, 0.1) is 16.8 Å². The summed E-state index contributed by atoms with van der Waals surface area (Å²) in [5.41, 5.74) is 2.75. The molecule has 24 heavy (non-hydrogen) atoms. The average molecular weight is 341 g/mol. The Labute approximate surface area is 142 Å². The molecule has 2 aromatic carbocycles. The van der Waals surface area contributed by atoms with E-state index < -0.39 is 5.97 Å². The average Bonchev–Trinajstić information content (AvgIpc) is 2.61. The van der Waals surface area contributed by atoms with Crippen LogP contribution >= 0.6 is 11.6 Å². The van der Waals surface area contributed by atoms with Gasteiger partial charge in [-0.15, -0.1) is 11.6 Å². The minimum absolute atomic E-state index is 0.115. The summed E-state index contributed by atoms with van der Waals surface area (Å²) in [5.74, 6) is -1.40. The number of hydrogen-bond donors (Lipinski definition) is 2. The number of carbonyl (C=O) groups excluding carboxylic acids is 1. The van der Waals surface area contributed by atoms with E-state index in [1.807, 2.05) is 6.07 Å². The predicted octanol–water partition coefficient (Wildman–Crippen LogP) is 3.78. The second-order valence-electron chi connectivity index (χ2n) is 5.14. The Balaban J connectivity index is 2.03. The molecule has 0 unspecified atom stereocenters. The zero-order valence-electron chi connectivity index (χ0n) is 12.5. The fourth-order valence-electron chi connectivity index (χ4n) is 2.42. The van der Waals surface area contributed by atoms with E-state index in [0.717, 1.165) is 5.56 Å². The van der Waals surface area contributed by atoms with Crippen LogP contribution in [0.15, 0.2) is 54.6 Å². The smallest absolute Gasteiger partial charge is 0.336 e. The summed E-state index contributed by atoms with van der Waals surface area (Å²) in [6, 6.07) is 15.6. The minimum atomic E-state index is -0.999. The van der Waals surface area contributed by atoms with Gasteiger partial charge in [-0.05, 0) is 24.3 Å². The van der Waals surface area contributed by atoms with Crippen molar-refractivity contribution in [2.24, 2.45) is 0 Å². The number of benzene rings is 2. The van der Waals surface area contributed by atoms with Gasteiger partial charge in [-0.1, -0.05) is 30.3 Å². The molecule has 0 aliphatic carbocycles. The van der Waals surface area contributed by atoms with Crippen molar-refractivity contribution in [3.05, 3.63) is 60.2 Å². The first-order valence-corrected chi connectivity index (χ1v) is 7.71. The second kappa shape index (κ2) is 6.68. The number of amides is 1. The third-order valence-electron chi connectivity index (χ3n) is 3.53. The van der Waals surface area contributed by atoms with Crippen molar-refractivity contribution in [1.29, 1.82) is 0 Å². The molecule has 0 aliphatic heterocycles. The number of alkyl halides is 1. The fourth-order valence-corrected chi connectivity index (χ4v) is 2.49. The van der Waals surface area contributed by atoms with Gasteiger partial charge < -0.3 is 10.4 Å². The molecule has 2 N–H and O–H groups in total. The highest BCUT2D eigenvalue weighted by molar-refractivity contribution is 6.29. The van der Waals surface area contributed by atoms with E-state index in [-0.39, 0.29) is 17.4 Å². The van der Waals surface area contributed by atoms with Crippen molar-refractivity contribution in [3.8, 4) is 11.3 Å². The Morgan fingerprint density at radius 1 is 1.08 bits per heavy atom. The summed E-state index contributed by atoms with van der Waals surface area (Å²) >= 11 is 5.45. The largest absolute Gasteiger partial charge is 0.478 e. The number of nitrogens with one attached hydrogen (secondary N) is 1. The van der Waals surface area contributed by atoms with E-state index in [9.17, 15) is 14.7 Å². The quantitative estimate of drug-likeness (QED) is 0.708. The van der Waals surface area contributed by atoms with Crippen LogP contribution in [0.25, 0.3) is 22.2 Å². The maximum absolute atomic E-state index is 11.5. The van der Waals surface area contributed by atoms with Crippen LogP contribution in [-0.2, 0) is 4.79 Å². The fraction of sp³-hybridized carbons (Fsp3) is 0.0556. The van der Waals surface area contributed by atoms with Gasteiger partial charge >= 0.3 is 5.97 Å². The van der Waals surface area contributed by atoms with Crippen molar-refractivity contribution in [2.75, 3.05) is 11.2 Å². The van der Waals surface area contributed by atoms with E-state index in [1.165, 1.54) is 0 Å². The zero-order chi connectivity index (χ0) is 17.1. The van der Waals surface area contributed by atoms with E-state index in [2.05, 4.69) is 10.3 Å². The molecule has 1 aromatic heterocycles. The topological polar surface area (TPSA) is 79.3 Å². The number of aromatic nitrogens is 1. The lowest BCUT2D eigenvalue weighted by molar-refractivity contribution is -0.113. The number of carboxylic acids is 1. The van der Waals surface area contributed by atoms with Crippen molar-refractivity contribution >= 4 is 40.1 Å². The van der Waals surface area contributed by atoms with Gasteiger partial charge in [0.2, 0.25) is 5.91 Å². The molecule has 0 saturated heterocycles. The predicted molar refractivity (Wildman–Crippen MR) is 93.5 cm³/mol. The van der Waals surface area contributed by atoms with E-state index in [1.54, 1.807) is 48.5 Å². The number of halogens is 1. The SMILES string of the molecule is O=C(CCl)Nc1ccc(-c2cc(C(=O)O)c3ccccc3n2)cc1. The molecule has 0 radical (unpaired) electrons. The number of para-hydroxylation sites is 1. The van der Waals surface area contributed by atoms with Gasteiger partial charge in [-0.2, -0.15) is 0 Å². The van der Waals surface area contributed by atoms with Gasteiger partial charge in [0.15, 0.2) is 0 Å². The maximum atomic E-state index is 11.5. The molecule has 120 valence electrons. The molecule has 0 atom stereocenters. The first kappa shape index (κ1) is 16.0. The highest BCUT2D eigenvalue weighted by atomic mass is 35.5. The number of anilines is 1. The van der Waals surface area contributed by atoms with Crippen LogP contribution in [0.2, 0.25) is 0 Å². The molecule has 0 spiro atoms. The van der Waals surface area contributed by atoms with Crippen LogP contribution < -0.4 is 5.32 Å². The maximum Gasteiger partial charge on any atom is 0.336 e. The Hall–Kier alpha value is -2.92. The van der Waals surface area contributed by atoms with Crippen molar-refractivity contribution in [3.63, 3.8) is 0 Å². The molecule has 1 amide bonds. The molecule has 0 bridgehead atoms. The van der Waals surface area contributed by atoms with Crippen molar-refractivity contribution < 1.29 is 14.7 Å². The van der Waals surface area contributed by atoms with Crippen LogP contribution in [0.5, 0.6) is 0 Å². The molecular weight excluding hydrogens is 328 g/mol. The van der Waals surface area contributed by atoms with Crippen molar-refractivity contribution in [1.82, 2.24) is 4.98 Å². The number of fused-ring (bicyclic) bond motifs is 1. The molecule has 0 aliphatic rings. The Kier molecular flexibility index (Phi) is 4.44. The van der Waals surface area contributed by atoms with Crippen LogP contribution in [0.1, 0.15) is 10.4 Å². The number of nitrogens with zero attached hydrogens (tertiary/aromatic N) is 1. The molecule has 1 heterocycles. The highest BCUT2D eigenvalue weighted by Gasteiger charge is 2.12. The number of aromatic carboxylic acids is 1. The normalized spacial score (nSPS) is 10.5. The van der Waals surface area contributed by atoms with Gasteiger partial charge in [-0.25, -0.2) is 9.78 Å². The van der Waals surface area contributed by atoms with Crippen molar-refractivity contribution in [2.45, 2.75) is 0 Å². The molecule has 3 rings (SSSR count). The number of carboxylic acid groups (broad SMARTS) is 1. The molecule has 0 saturated carbocycles. The number of pyridine rings is 1. The monoisotopic (exact) mass is 340 g/mol. The summed E-state index contributed by atoms with van der Waals surface area (Å²) in [5, 5.41) is 12.7. The minimum Gasteiger partial charge on any atom is -0.478 e. The molecule has 0 fully saturated rings. The highest BCUT2D eigenvalue weighted by Crippen LogP contribution is 2.26. The van der Waals surface area contributed by atoms with Crippen LogP contribution in [-0.4, -0.2) is 27.8 Å². The standard InChI is InChI=1S/C18H13ClN2O3/c19-10-17(22)20-12-7-5-11(6-8-12)16-9-14(18(23)24)13-3-1-2-4-15(13)21-16/h1-9H,10H2,(H,20,22)(H,23,24). The van der Waals surface area contributed by atoms with Crippen LogP contribution in [0.3, 0.4) is 0 Å². The summed E-state index contributed by atoms with van der Waals surface area (Å²) in [4.78, 5) is 27.3. The Morgan fingerprint density at radius 2 is 1.79 bits per heavy atom. The zero-order valence-corrected chi connectivity index (χ0v) is 13.2. The summed E-state index contributed by atoms with van der Waals surface area (Å²) in [7, 11) is 0. The first-order chi connectivity index (χ1) is 11.6. The summed E-state index contributed by atoms with van der Waals surface area (Å²) in [6.45, 7) is 0. The number of hydrogen-bond acceptors (Lipinski definition) is 3.